The first kappa shape index (κ1) is 31.7. The molecule has 43 heavy (non-hydrogen) atoms. The Morgan fingerprint density at radius 2 is 1.77 bits per heavy atom. The molecule has 2 atom stereocenters. The summed E-state index contributed by atoms with van der Waals surface area (Å²) < 4.78 is 29.1. The maximum atomic E-state index is 13.6. The van der Waals surface area contributed by atoms with E-state index in [9.17, 15) is 22.8 Å². The van der Waals surface area contributed by atoms with Crippen LogP contribution in [0.3, 0.4) is 0 Å². The van der Waals surface area contributed by atoms with Crippen molar-refractivity contribution in [3.05, 3.63) is 65.9 Å². The van der Waals surface area contributed by atoms with Gasteiger partial charge in [0.05, 0.1) is 11.4 Å². The van der Waals surface area contributed by atoms with E-state index >= 15 is 0 Å². The smallest absolute Gasteiger partial charge is 0.252 e. The van der Waals surface area contributed by atoms with E-state index in [1.165, 1.54) is 24.3 Å². The van der Waals surface area contributed by atoms with Crippen LogP contribution in [0.5, 0.6) is 0 Å². The number of aromatic amines is 1. The van der Waals surface area contributed by atoms with E-state index < -0.39 is 33.9 Å². The number of benzene rings is 2. The van der Waals surface area contributed by atoms with Gasteiger partial charge in [-0.25, -0.2) is 8.42 Å². The van der Waals surface area contributed by atoms with E-state index in [4.69, 9.17) is 12.2 Å². The van der Waals surface area contributed by atoms with Crippen molar-refractivity contribution in [2.75, 3.05) is 13.1 Å². The molecule has 3 aromatic rings. The minimum Gasteiger partial charge on any atom is -0.361 e. The highest BCUT2D eigenvalue weighted by atomic mass is 32.2. The fraction of sp³-hybridized carbons (Fsp3) is 0.387. The average molecular weight is 607 g/mol. The zero-order valence-corrected chi connectivity index (χ0v) is 24.7. The molecule has 1 aromatic heterocycles. The molecule has 2 aromatic carbocycles. The molecule has 1 fully saturated rings. The van der Waals surface area contributed by atoms with Gasteiger partial charge in [0.25, 0.3) is 5.91 Å². The second-order valence-electron chi connectivity index (χ2n) is 10.6. The van der Waals surface area contributed by atoms with Gasteiger partial charge in [-0.05, 0) is 74.5 Å². The number of hydrogen-bond donors (Lipinski definition) is 6. The first-order valence-corrected chi connectivity index (χ1v) is 15.9. The number of rotatable bonds is 15. The third kappa shape index (κ3) is 8.44. The van der Waals surface area contributed by atoms with Gasteiger partial charge in [-0.3, -0.25) is 14.4 Å². The van der Waals surface area contributed by atoms with E-state index in [-0.39, 0.29) is 41.8 Å². The number of carbonyl (C=O) groups is 3. The number of amides is 3. The van der Waals surface area contributed by atoms with Crippen LogP contribution in [0, 0.1) is 12.3 Å². The van der Waals surface area contributed by atoms with Gasteiger partial charge in [-0.1, -0.05) is 30.5 Å². The van der Waals surface area contributed by atoms with E-state index in [0.717, 1.165) is 35.7 Å². The van der Waals surface area contributed by atoms with E-state index in [1.54, 1.807) is 0 Å². The summed E-state index contributed by atoms with van der Waals surface area (Å²) in [4.78, 5) is 42.2. The number of carbonyl (C=O) groups excluding carboxylic acids is 3. The van der Waals surface area contributed by atoms with Crippen LogP contribution < -0.4 is 26.4 Å². The standard InChI is InChI=1S/C31H38N6O5S/c1-2-18-33-29(38)21-13-15-24(16-14-21)43(41,42)37-27(12-5-6-17-32)30(39)36-28(31(40)35-23-8-7-9-23)19-22-20-34-26-11-4-3-10-25(22)26/h1,3-4,10-11,13-16,20,23,27-28,34,37H,5-9,12,17-19,32H2,(H,33,38)(H,35,40)(H,36,39)/t27-,28-/m0/s1. The van der Waals surface area contributed by atoms with Crippen LogP contribution >= 0.6 is 0 Å². The minimum absolute atomic E-state index is 0.0417. The van der Waals surface area contributed by atoms with E-state index in [0.29, 0.717) is 19.4 Å². The molecular weight excluding hydrogens is 568 g/mol. The predicted molar refractivity (Wildman–Crippen MR) is 164 cm³/mol. The van der Waals surface area contributed by atoms with Gasteiger partial charge >= 0.3 is 0 Å². The first-order chi connectivity index (χ1) is 20.7. The lowest BCUT2D eigenvalue weighted by Crippen LogP contribution is -2.56. The molecular formula is C31H38N6O5S. The quantitative estimate of drug-likeness (QED) is 0.113. The molecule has 12 heteroatoms. The van der Waals surface area contributed by atoms with Crippen LogP contribution in [-0.2, 0) is 26.0 Å². The van der Waals surface area contributed by atoms with Crippen LogP contribution in [0.2, 0.25) is 0 Å². The van der Waals surface area contributed by atoms with Gasteiger partial charge in [-0.2, -0.15) is 4.72 Å². The molecule has 0 saturated heterocycles. The van der Waals surface area contributed by atoms with Crippen molar-refractivity contribution in [2.24, 2.45) is 5.73 Å². The third-order valence-electron chi connectivity index (χ3n) is 7.52. The number of H-pyrrole nitrogens is 1. The molecule has 0 radical (unpaired) electrons. The molecule has 1 heterocycles. The largest absolute Gasteiger partial charge is 0.361 e. The lowest BCUT2D eigenvalue weighted by molar-refractivity contribution is -0.130. The Balaban J connectivity index is 1.52. The zero-order valence-electron chi connectivity index (χ0n) is 23.9. The Bertz CT molecular complexity index is 1570. The number of unbranched alkanes of at least 4 members (excludes halogenated alkanes) is 1. The fourth-order valence-corrected chi connectivity index (χ4v) is 6.10. The summed E-state index contributed by atoms with van der Waals surface area (Å²) in [6.07, 6.45) is 11.3. The molecule has 0 aliphatic heterocycles. The highest BCUT2D eigenvalue weighted by molar-refractivity contribution is 7.89. The van der Waals surface area contributed by atoms with Crippen molar-refractivity contribution in [2.45, 2.75) is 68.0 Å². The SMILES string of the molecule is C#CCNC(=O)c1ccc(S(=O)(=O)N[C@@H](CCCCN)C(=O)N[C@@H](Cc2c[nH]c3ccccc23)C(=O)NC2CCC2)cc1. The predicted octanol–water partition coefficient (Wildman–Crippen LogP) is 1.70. The van der Waals surface area contributed by atoms with Crippen LogP contribution in [0.15, 0.2) is 59.6 Å². The van der Waals surface area contributed by atoms with Crippen LogP contribution in [0.25, 0.3) is 10.9 Å². The summed E-state index contributed by atoms with van der Waals surface area (Å²) in [6.45, 7) is 0.428. The highest BCUT2D eigenvalue weighted by Gasteiger charge is 2.31. The van der Waals surface area contributed by atoms with Crippen LogP contribution in [0.4, 0.5) is 0 Å². The van der Waals surface area contributed by atoms with Crippen molar-refractivity contribution in [3.8, 4) is 12.3 Å². The van der Waals surface area contributed by atoms with Gasteiger partial charge < -0.3 is 26.7 Å². The Labute approximate surface area is 251 Å². The van der Waals surface area contributed by atoms with Crippen molar-refractivity contribution < 1.29 is 22.8 Å². The normalized spacial score (nSPS) is 14.7. The molecule has 228 valence electrons. The third-order valence-corrected chi connectivity index (χ3v) is 9.01. The molecule has 11 nitrogen and oxygen atoms in total. The molecule has 7 N–H and O–H groups in total. The van der Waals surface area contributed by atoms with Crippen molar-refractivity contribution in [1.29, 1.82) is 0 Å². The van der Waals surface area contributed by atoms with Crippen LogP contribution in [-0.4, -0.2) is 62.3 Å². The van der Waals surface area contributed by atoms with Crippen molar-refractivity contribution in [3.63, 3.8) is 0 Å². The summed E-state index contributed by atoms with van der Waals surface area (Å²) in [6, 6.07) is 11.0. The number of terminal acetylenes is 1. The number of fused-ring (bicyclic) bond motifs is 1. The number of nitrogens with two attached hydrogens (primary N) is 1. The van der Waals surface area contributed by atoms with E-state index in [1.807, 2.05) is 30.5 Å². The van der Waals surface area contributed by atoms with Gasteiger partial charge in [0, 0.05) is 35.1 Å². The van der Waals surface area contributed by atoms with E-state index in [2.05, 4.69) is 31.6 Å². The first-order valence-electron chi connectivity index (χ1n) is 14.4. The maximum absolute atomic E-state index is 13.6. The highest BCUT2D eigenvalue weighted by Crippen LogP contribution is 2.21. The molecule has 4 rings (SSSR count). The Morgan fingerprint density at radius 1 is 1.02 bits per heavy atom. The summed E-state index contributed by atoms with van der Waals surface area (Å²) in [5, 5.41) is 9.29. The number of para-hydroxylation sites is 1. The number of sulfonamides is 1. The number of nitrogens with one attached hydrogen (secondary N) is 5. The summed E-state index contributed by atoms with van der Waals surface area (Å²) in [5.41, 5.74) is 7.65. The number of aromatic nitrogens is 1. The van der Waals surface area contributed by atoms with Crippen molar-refractivity contribution >= 4 is 38.6 Å². The summed E-state index contributed by atoms with van der Waals surface area (Å²) in [7, 11) is -4.16. The Kier molecular flexibility index (Phi) is 10.9. The van der Waals surface area contributed by atoms with Crippen molar-refractivity contribution in [1.82, 2.24) is 25.7 Å². The van der Waals surface area contributed by atoms with Gasteiger partial charge in [0.15, 0.2) is 0 Å². The molecule has 1 aliphatic rings. The number of hydrogen-bond acceptors (Lipinski definition) is 6. The molecule has 0 unspecified atom stereocenters. The lowest BCUT2D eigenvalue weighted by atomic mass is 9.92. The fourth-order valence-electron chi connectivity index (χ4n) is 4.87. The second-order valence-corrected chi connectivity index (χ2v) is 12.3. The maximum Gasteiger partial charge on any atom is 0.252 e. The lowest BCUT2D eigenvalue weighted by Gasteiger charge is -2.29. The Hall–Kier alpha value is -4.18. The topological polar surface area (TPSA) is 175 Å². The summed E-state index contributed by atoms with van der Waals surface area (Å²) >= 11 is 0. The van der Waals surface area contributed by atoms with Gasteiger partial charge in [0.1, 0.15) is 12.1 Å². The molecule has 0 bridgehead atoms. The average Bonchev–Trinajstić information content (AvgIpc) is 3.39. The van der Waals surface area contributed by atoms with Crippen LogP contribution in [0.1, 0.15) is 54.4 Å². The molecule has 1 aliphatic carbocycles. The van der Waals surface area contributed by atoms with Gasteiger partial charge in [0.2, 0.25) is 21.8 Å². The molecule has 3 amide bonds. The minimum atomic E-state index is -4.16. The summed E-state index contributed by atoms with van der Waals surface area (Å²) in [5.74, 6) is 0.941. The molecule has 1 saturated carbocycles. The second kappa shape index (κ2) is 14.8. The Morgan fingerprint density at radius 3 is 2.44 bits per heavy atom. The zero-order chi connectivity index (χ0) is 30.8. The van der Waals surface area contributed by atoms with Gasteiger partial charge in [-0.15, -0.1) is 6.42 Å². The monoisotopic (exact) mass is 606 g/mol. The molecule has 0 spiro atoms.